The Kier molecular flexibility index (Phi) is 4.19. The van der Waals surface area contributed by atoms with E-state index in [2.05, 4.69) is 55.4 Å². The van der Waals surface area contributed by atoms with Gasteiger partial charge in [0.1, 0.15) is 0 Å². The molecule has 2 unspecified atom stereocenters. The number of aryl methyl sites for hydroxylation is 1. The van der Waals surface area contributed by atoms with E-state index in [1.807, 2.05) is 0 Å². The van der Waals surface area contributed by atoms with Crippen LogP contribution in [0.25, 0.3) is 0 Å². The summed E-state index contributed by atoms with van der Waals surface area (Å²) in [6.07, 6.45) is 0. The summed E-state index contributed by atoms with van der Waals surface area (Å²) in [5.74, 6) is 1.62. The van der Waals surface area contributed by atoms with Gasteiger partial charge in [-0.05, 0) is 50.0 Å². The quantitative estimate of drug-likeness (QED) is 0.857. The standard InChI is InChI=1S/C15H24N2/c1-12-6-4-5-7-14(12)10-17(3)11-15-9-16-8-13(15)2/h4-7,13,15-16H,8-11H2,1-3H3. The third-order valence-corrected chi connectivity index (χ3v) is 3.93. The number of hydrogen-bond donors (Lipinski definition) is 1. The van der Waals surface area contributed by atoms with Gasteiger partial charge in [0.05, 0.1) is 0 Å². The largest absolute Gasteiger partial charge is 0.316 e. The van der Waals surface area contributed by atoms with Crippen LogP contribution in [0.5, 0.6) is 0 Å². The summed E-state index contributed by atoms with van der Waals surface area (Å²) in [5.41, 5.74) is 2.85. The molecule has 1 aromatic carbocycles. The highest BCUT2D eigenvalue weighted by molar-refractivity contribution is 5.25. The van der Waals surface area contributed by atoms with E-state index in [1.54, 1.807) is 0 Å². The lowest BCUT2D eigenvalue weighted by atomic mass is 9.97. The van der Waals surface area contributed by atoms with E-state index in [9.17, 15) is 0 Å². The number of nitrogens with zero attached hydrogens (tertiary/aromatic N) is 1. The zero-order valence-electron chi connectivity index (χ0n) is 11.2. The Morgan fingerprint density at radius 1 is 1.29 bits per heavy atom. The average Bonchev–Trinajstić information content (AvgIpc) is 2.68. The Bertz CT molecular complexity index is 362. The van der Waals surface area contributed by atoms with Gasteiger partial charge >= 0.3 is 0 Å². The Morgan fingerprint density at radius 2 is 2.06 bits per heavy atom. The maximum absolute atomic E-state index is 3.48. The van der Waals surface area contributed by atoms with Crippen LogP contribution in [0.4, 0.5) is 0 Å². The fraction of sp³-hybridized carbons (Fsp3) is 0.600. The normalized spacial score (nSPS) is 24.5. The molecule has 94 valence electrons. The van der Waals surface area contributed by atoms with E-state index in [4.69, 9.17) is 0 Å². The molecule has 1 aromatic rings. The lowest BCUT2D eigenvalue weighted by Gasteiger charge is -2.23. The Morgan fingerprint density at radius 3 is 2.71 bits per heavy atom. The summed E-state index contributed by atoms with van der Waals surface area (Å²) < 4.78 is 0. The Labute approximate surface area is 105 Å². The monoisotopic (exact) mass is 232 g/mol. The molecule has 2 rings (SSSR count). The van der Waals surface area contributed by atoms with Crippen LogP contribution < -0.4 is 5.32 Å². The van der Waals surface area contributed by atoms with Crippen molar-refractivity contribution in [2.24, 2.45) is 11.8 Å². The molecule has 0 aromatic heterocycles. The van der Waals surface area contributed by atoms with Crippen molar-refractivity contribution in [1.29, 1.82) is 0 Å². The van der Waals surface area contributed by atoms with Gasteiger partial charge in [0.25, 0.3) is 0 Å². The summed E-state index contributed by atoms with van der Waals surface area (Å²) in [6, 6.07) is 8.68. The average molecular weight is 232 g/mol. The zero-order valence-corrected chi connectivity index (χ0v) is 11.2. The highest BCUT2D eigenvalue weighted by atomic mass is 15.1. The molecule has 1 heterocycles. The first kappa shape index (κ1) is 12.6. The third-order valence-electron chi connectivity index (χ3n) is 3.93. The number of benzene rings is 1. The molecular weight excluding hydrogens is 208 g/mol. The number of nitrogens with one attached hydrogen (secondary N) is 1. The van der Waals surface area contributed by atoms with Crippen molar-refractivity contribution in [2.75, 3.05) is 26.7 Å². The lowest BCUT2D eigenvalue weighted by Crippen LogP contribution is -2.29. The second kappa shape index (κ2) is 5.65. The third kappa shape index (κ3) is 3.30. The summed E-state index contributed by atoms with van der Waals surface area (Å²) in [4.78, 5) is 2.45. The molecule has 0 aliphatic carbocycles. The van der Waals surface area contributed by atoms with Crippen molar-refractivity contribution < 1.29 is 0 Å². The molecule has 1 N–H and O–H groups in total. The predicted molar refractivity (Wildman–Crippen MR) is 73.0 cm³/mol. The first-order chi connectivity index (χ1) is 8.16. The SMILES string of the molecule is Cc1ccccc1CN(C)CC1CNCC1C. The van der Waals surface area contributed by atoms with Crippen LogP contribution in [-0.2, 0) is 6.54 Å². The van der Waals surface area contributed by atoms with E-state index in [0.29, 0.717) is 0 Å². The topological polar surface area (TPSA) is 15.3 Å². The molecule has 0 saturated carbocycles. The fourth-order valence-electron chi connectivity index (χ4n) is 2.65. The van der Waals surface area contributed by atoms with Gasteiger partial charge in [-0.3, -0.25) is 0 Å². The molecule has 17 heavy (non-hydrogen) atoms. The van der Waals surface area contributed by atoms with Crippen molar-refractivity contribution in [1.82, 2.24) is 10.2 Å². The first-order valence-corrected chi connectivity index (χ1v) is 6.60. The molecule has 0 amide bonds. The van der Waals surface area contributed by atoms with Crippen LogP contribution in [0.2, 0.25) is 0 Å². The summed E-state index contributed by atoms with van der Waals surface area (Å²) in [6.45, 7) is 9.18. The van der Waals surface area contributed by atoms with Crippen molar-refractivity contribution >= 4 is 0 Å². The van der Waals surface area contributed by atoms with Gasteiger partial charge in [-0.1, -0.05) is 31.2 Å². The Balaban J connectivity index is 1.89. The van der Waals surface area contributed by atoms with Crippen LogP contribution >= 0.6 is 0 Å². The number of rotatable bonds is 4. The van der Waals surface area contributed by atoms with Crippen molar-refractivity contribution in [3.05, 3.63) is 35.4 Å². The molecular formula is C15H24N2. The van der Waals surface area contributed by atoms with E-state index in [-0.39, 0.29) is 0 Å². The van der Waals surface area contributed by atoms with Crippen LogP contribution in [0, 0.1) is 18.8 Å². The van der Waals surface area contributed by atoms with Crippen LogP contribution in [-0.4, -0.2) is 31.6 Å². The Hall–Kier alpha value is -0.860. The second-order valence-corrected chi connectivity index (χ2v) is 5.52. The maximum atomic E-state index is 3.48. The van der Waals surface area contributed by atoms with Gasteiger partial charge < -0.3 is 10.2 Å². The lowest BCUT2D eigenvalue weighted by molar-refractivity contribution is 0.252. The minimum absolute atomic E-state index is 0.809. The first-order valence-electron chi connectivity index (χ1n) is 6.60. The van der Waals surface area contributed by atoms with Crippen molar-refractivity contribution in [3.8, 4) is 0 Å². The highest BCUT2D eigenvalue weighted by Crippen LogP contribution is 2.18. The van der Waals surface area contributed by atoms with E-state index in [0.717, 1.165) is 18.4 Å². The molecule has 1 aliphatic heterocycles. The van der Waals surface area contributed by atoms with Gasteiger partial charge in [-0.2, -0.15) is 0 Å². The van der Waals surface area contributed by atoms with Gasteiger partial charge in [0.15, 0.2) is 0 Å². The van der Waals surface area contributed by atoms with Gasteiger partial charge in [-0.15, -0.1) is 0 Å². The number of hydrogen-bond acceptors (Lipinski definition) is 2. The molecule has 0 bridgehead atoms. The molecule has 2 heteroatoms. The fourth-order valence-corrected chi connectivity index (χ4v) is 2.65. The maximum Gasteiger partial charge on any atom is 0.0233 e. The molecule has 1 fully saturated rings. The minimum Gasteiger partial charge on any atom is -0.316 e. The minimum atomic E-state index is 0.809. The van der Waals surface area contributed by atoms with Crippen LogP contribution in [0.15, 0.2) is 24.3 Å². The molecule has 2 atom stereocenters. The summed E-state index contributed by atoms with van der Waals surface area (Å²) in [7, 11) is 2.23. The van der Waals surface area contributed by atoms with E-state index >= 15 is 0 Å². The second-order valence-electron chi connectivity index (χ2n) is 5.52. The van der Waals surface area contributed by atoms with Gasteiger partial charge in [0, 0.05) is 13.1 Å². The van der Waals surface area contributed by atoms with Crippen LogP contribution in [0.3, 0.4) is 0 Å². The summed E-state index contributed by atoms with van der Waals surface area (Å²) in [5, 5.41) is 3.48. The predicted octanol–water partition coefficient (Wildman–Crippen LogP) is 2.28. The van der Waals surface area contributed by atoms with E-state index < -0.39 is 0 Å². The van der Waals surface area contributed by atoms with E-state index in [1.165, 1.54) is 30.8 Å². The van der Waals surface area contributed by atoms with Crippen LogP contribution in [0.1, 0.15) is 18.1 Å². The van der Waals surface area contributed by atoms with Gasteiger partial charge in [-0.25, -0.2) is 0 Å². The van der Waals surface area contributed by atoms with Crippen molar-refractivity contribution in [3.63, 3.8) is 0 Å². The smallest absolute Gasteiger partial charge is 0.0233 e. The van der Waals surface area contributed by atoms with Crippen molar-refractivity contribution in [2.45, 2.75) is 20.4 Å². The van der Waals surface area contributed by atoms with Gasteiger partial charge in [0.2, 0.25) is 0 Å². The highest BCUT2D eigenvalue weighted by Gasteiger charge is 2.23. The zero-order chi connectivity index (χ0) is 12.3. The molecule has 0 radical (unpaired) electrons. The molecule has 2 nitrogen and oxygen atoms in total. The molecule has 0 spiro atoms. The summed E-state index contributed by atoms with van der Waals surface area (Å²) >= 11 is 0. The molecule has 1 aliphatic rings. The molecule has 1 saturated heterocycles.